The summed E-state index contributed by atoms with van der Waals surface area (Å²) in [6, 6.07) is 4.45. The first-order valence-electron chi connectivity index (χ1n) is 7.58. The van der Waals surface area contributed by atoms with Crippen molar-refractivity contribution < 1.29 is 4.74 Å². The zero-order valence-corrected chi connectivity index (χ0v) is 15.0. The minimum Gasteiger partial charge on any atom is -0.492 e. The SMILES string of the molecule is CCCCOc1c(S)cc(C(C)(C)C)cc1C(C)(C)C. The smallest absolute Gasteiger partial charge is 0.136 e. The van der Waals surface area contributed by atoms with Crippen LogP contribution in [0.2, 0.25) is 0 Å². The molecule has 0 saturated heterocycles. The molecule has 114 valence electrons. The highest BCUT2D eigenvalue weighted by molar-refractivity contribution is 7.80. The van der Waals surface area contributed by atoms with Crippen molar-refractivity contribution in [2.45, 2.75) is 77.0 Å². The number of benzene rings is 1. The average Bonchev–Trinajstić information content (AvgIpc) is 2.28. The molecule has 0 bridgehead atoms. The molecule has 0 heterocycles. The van der Waals surface area contributed by atoms with Crippen molar-refractivity contribution in [2.75, 3.05) is 6.61 Å². The highest BCUT2D eigenvalue weighted by Gasteiger charge is 2.25. The van der Waals surface area contributed by atoms with Crippen LogP contribution in [0.15, 0.2) is 17.0 Å². The van der Waals surface area contributed by atoms with Gasteiger partial charge in [0.2, 0.25) is 0 Å². The maximum absolute atomic E-state index is 6.03. The molecule has 2 heteroatoms. The minimum atomic E-state index is 0.0558. The van der Waals surface area contributed by atoms with Crippen LogP contribution in [0, 0.1) is 0 Å². The van der Waals surface area contributed by atoms with Gasteiger partial charge in [0.25, 0.3) is 0 Å². The number of ether oxygens (including phenoxy) is 1. The molecule has 0 aliphatic rings. The molecule has 0 N–H and O–H groups in total. The summed E-state index contributed by atoms with van der Waals surface area (Å²) in [5.41, 5.74) is 2.75. The van der Waals surface area contributed by atoms with Crippen molar-refractivity contribution in [2.24, 2.45) is 0 Å². The first kappa shape index (κ1) is 17.4. The second-order valence-electron chi connectivity index (χ2n) is 7.57. The molecule has 0 aromatic heterocycles. The van der Waals surface area contributed by atoms with E-state index in [4.69, 9.17) is 4.74 Å². The number of rotatable bonds is 4. The van der Waals surface area contributed by atoms with Gasteiger partial charge < -0.3 is 4.74 Å². The molecule has 0 unspecified atom stereocenters. The van der Waals surface area contributed by atoms with Gasteiger partial charge >= 0.3 is 0 Å². The fraction of sp³-hybridized carbons (Fsp3) is 0.667. The number of hydrogen-bond acceptors (Lipinski definition) is 2. The Bertz CT molecular complexity index is 450. The molecule has 0 saturated carbocycles. The van der Waals surface area contributed by atoms with Gasteiger partial charge in [0, 0.05) is 10.5 Å². The fourth-order valence-corrected chi connectivity index (χ4v) is 2.40. The molecule has 0 fully saturated rings. The summed E-state index contributed by atoms with van der Waals surface area (Å²) in [7, 11) is 0. The van der Waals surface area contributed by atoms with Gasteiger partial charge in [-0.05, 0) is 28.9 Å². The van der Waals surface area contributed by atoms with E-state index in [-0.39, 0.29) is 10.8 Å². The van der Waals surface area contributed by atoms with E-state index in [2.05, 4.69) is 73.2 Å². The normalized spacial score (nSPS) is 12.6. The topological polar surface area (TPSA) is 9.23 Å². The van der Waals surface area contributed by atoms with Crippen molar-refractivity contribution in [3.05, 3.63) is 23.3 Å². The predicted molar refractivity (Wildman–Crippen MR) is 91.5 cm³/mol. The number of thiol groups is 1. The number of unbranched alkanes of at least 4 members (excludes halogenated alkanes) is 1. The highest BCUT2D eigenvalue weighted by atomic mass is 32.1. The van der Waals surface area contributed by atoms with E-state index in [0.29, 0.717) is 0 Å². The predicted octanol–water partition coefficient (Wildman–Crippen LogP) is 5.75. The molecular weight excluding hydrogens is 264 g/mol. The van der Waals surface area contributed by atoms with Crippen molar-refractivity contribution in [3.63, 3.8) is 0 Å². The fourth-order valence-electron chi connectivity index (χ4n) is 2.07. The van der Waals surface area contributed by atoms with Gasteiger partial charge in [0.1, 0.15) is 5.75 Å². The molecular formula is C18H30OS. The van der Waals surface area contributed by atoms with Gasteiger partial charge in [-0.2, -0.15) is 0 Å². The Morgan fingerprint density at radius 2 is 1.60 bits per heavy atom. The van der Waals surface area contributed by atoms with Gasteiger partial charge in [-0.3, -0.25) is 0 Å². The summed E-state index contributed by atoms with van der Waals surface area (Å²) >= 11 is 4.68. The van der Waals surface area contributed by atoms with Crippen molar-refractivity contribution in [1.82, 2.24) is 0 Å². The van der Waals surface area contributed by atoms with Crippen molar-refractivity contribution in [1.29, 1.82) is 0 Å². The second kappa shape index (κ2) is 6.43. The van der Waals surface area contributed by atoms with Gasteiger partial charge in [-0.15, -0.1) is 12.6 Å². The van der Waals surface area contributed by atoms with Gasteiger partial charge in [0.15, 0.2) is 0 Å². The Morgan fingerprint density at radius 1 is 1.00 bits per heavy atom. The van der Waals surface area contributed by atoms with Crippen LogP contribution in [0.3, 0.4) is 0 Å². The molecule has 0 aliphatic carbocycles. The quantitative estimate of drug-likeness (QED) is 0.549. The lowest BCUT2D eigenvalue weighted by Crippen LogP contribution is -2.18. The number of hydrogen-bond donors (Lipinski definition) is 1. The van der Waals surface area contributed by atoms with E-state index in [1.165, 1.54) is 11.1 Å². The monoisotopic (exact) mass is 294 g/mol. The van der Waals surface area contributed by atoms with E-state index in [9.17, 15) is 0 Å². The van der Waals surface area contributed by atoms with Crippen LogP contribution in [0.5, 0.6) is 5.75 Å². The molecule has 1 aromatic rings. The van der Waals surface area contributed by atoms with Crippen LogP contribution in [0.4, 0.5) is 0 Å². The lowest BCUT2D eigenvalue weighted by molar-refractivity contribution is 0.293. The van der Waals surface area contributed by atoms with E-state index in [1.807, 2.05) is 0 Å². The van der Waals surface area contributed by atoms with E-state index < -0.39 is 0 Å². The molecule has 1 nitrogen and oxygen atoms in total. The molecule has 0 radical (unpaired) electrons. The second-order valence-corrected chi connectivity index (χ2v) is 8.06. The Balaban J connectivity index is 3.29. The lowest BCUT2D eigenvalue weighted by atomic mass is 9.80. The van der Waals surface area contributed by atoms with E-state index >= 15 is 0 Å². The molecule has 0 atom stereocenters. The molecule has 0 amide bonds. The molecule has 1 aromatic carbocycles. The van der Waals surface area contributed by atoms with Gasteiger partial charge in [0.05, 0.1) is 6.61 Å². The summed E-state index contributed by atoms with van der Waals surface area (Å²) in [5.74, 6) is 0.960. The minimum absolute atomic E-state index is 0.0558. The standard InChI is InChI=1S/C18H30OS/c1-8-9-10-19-16-14(18(5,6)7)11-13(12-15(16)20)17(2,3)4/h11-12,20H,8-10H2,1-7H3. The summed E-state index contributed by atoms with van der Waals surface area (Å²) in [5, 5.41) is 0. The zero-order valence-electron chi connectivity index (χ0n) is 14.1. The molecule has 0 aliphatic heterocycles. The largest absolute Gasteiger partial charge is 0.492 e. The lowest BCUT2D eigenvalue weighted by Gasteiger charge is -2.28. The van der Waals surface area contributed by atoms with Crippen molar-refractivity contribution in [3.8, 4) is 5.75 Å². The third kappa shape index (κ3) is 4.44. The van der Waals surface area contributed by atoms with Crippen LogP contribution in [-0.4, -0.2) is 6.61 Å². The summed E-state index contributed by atoms with van der Waals surface area (Å²) in [6.45, 7) is 16.3. The van der Waals surface area contributed by atoms with E-state index in [1.54, 1.807) is 0 Å². The Hall–Kier alpha value is -0.630. The average molecular weight is 295 g/mol. The maximum Gasteiger partial charge on any atom is 0.136 e. The van der Waals surface area contributed by atoms with Gasteiger partial charge in [-0.1, -0.05) is 61.0 Å². The molecule has 0 spiro atoms. The third-order valence-corrected chi connectivity index (χ3v) is 3.82. The zero-order chi connectivity index (χ0) is 15.6. The first-order valence-corrected chi connectivity index (χ1v) is 8.03. The third-order valence-electron chi connectivity index (χ3n) is 3.49. The van der Waals surface area contributed by atoms with Crippen LogP contribution in [0.25, 0.3) is 0 Å². The Morgan fingerprint density at radius 3 is 2.05 bits per heavy atom. The van der Waals surface area contributed by atoms with Crippen LogP contribution < -0.4 is 4.74 Å². The summed E-state index contributed by atoms with van der Waals surface area (Å²) < 4.78 is 6.03. The Labute approximate surface area is 130 Å². The molecule has 1 rings (SSSR count). The van der Waals surface area contributed by atoms with Crippen LogP contribution in [0.1, 0.15) is 72.4 Å². The summed E-state index contributed by atoms with van der Waals surface area (Å²) in [4.78, 5) is 0.957. The molecule has 20 heavy (non-hydrogen) atoms. The van der Waals surface area contributed by atoms with Crippen LogP contribution in [-0.2, 0) is 10.8 Å². The van der Waals surface area contributed by atoms with Crippen LogP contribution >= 0.6 is 12.6 Å². The van der Waals surface area contributed by atoms with E-state index in [0.717, 1.165) is 30.1 Å². The highest BCUT2D eigenvalue weighted by Crippen LogP contribution is 2.39. The summed E-state index contributed by atoms with van der Waals surface area (Å²) in [6.07, 6.45) is 2.23. The Kier molecular flexibility index (Phi) is 5.60. The van der Waals surface area contributed by atoms with Gasteiger partial charge in [-0.25, -0.2) is 0 Å². The van der Waals surface area contributed by atoms with Crippen molar-refractivity contribution >= 4 is 12.6 Å². The maximum atomic E-state index is 6.03. The first-order chi connectivity index (χ1) is 9.07.